The Balaban J connectivity index is 1.78. The highest BCUT2D eigenvalue weighted by Crippen LogP contribution is 2.27. The number of hydrogen-bond donors (Lipinski definition) is 2. The average molecular weight is 507 g/mol. The number of benzene rings is 1. The van der Waals surface area contributed by atoms with Crippen LogP contribution < -0.4 is 14.8 Å². The molecule has 4 atom stereocenters. The first-order valence-electron chi connectivity index (χ1n) is 11.5. The summed E-state index contributed by atoms with van der Waals surface area (Å²) in [5, 5.41) is 12.7. The van der Waals surface area contributed by atoms with Gasteiger partial charge >= 0.3 is 5.97 Å². The molecule has 36 heavy (non-hydrogen) atoms. The minimum absolute atomic E-state index is 0.00382. The lowest BCUT2D eigenvalue weighted by Gasteiger charge is -2.31. The van der Waals surface area contributed by atoms with Crippen molar-refractivity contribution in [2.45, 2.75) is 45.1 Å². The lowest BCUT2D eigenvalue weighted by Crippen LogP contribution is -2.47. The van der Waals surface area contributed by atoms with Gasteiger partial charge in [-0.3, -0.25) is 4.79 Å². The number of nitrogens with one attached hydrogen (secondary N) is 1. The molecule has 2 N–H and O–H groups in total. The molecule has 196 valence electrons. The van der Waals surface area contributed by atoms with Crippen molar-refractivity contribution < 1.29 is 42.8 Å². The average Bonchev–Trinajstić information content (AvgIpc) is 2.88. The van der Waals surface area contributed by atoms with E-state index in [4.69, 9.17) is 23.7 Å². The monoisotopic (exact) mass is 506 g/mol. The highest BCUT2D eigenvalue weighted by molar-refractivity contribution is 5.98. The van der Waals surface area contributed by atoms with Gasteiger partial charge < -0.3 is 34.1 Å². The second-order valence-corrected chi connectivity index (χ2v) is 8.72. The van der Waals surface area contributed by atoms with E-state index >= 15 is 0 Å². The molecular weight excluding hydrogens is 475 g/mol. The van der Waals surface area contributed by atoms with Crippen LogP contribution in [0.15, 0.2) is 36.5 Å². The molecule has 0 unspecified atom stereocenters. The summed E-state index contributed by atoms with van der Waals surface area (Å²) in [6.07, 6.45) is -0.886. The molecule has 1 aliphatic rings. The molecular formula is C25H31FN2O8. The summed E-state index contributed by atoms with van der Waals surface area (Å²) in [5.41, 5.74) is -0.314. The molecule has 1 fully saturated rings. The first kappa shape index (κ1) is 27.2. The number of nitrogens with zero attached hydrogens (tertiary/aromatic N) is 1. The van der Waals surface area contributed by atoms with E-state index in [0.717, 1.165) is 0 Å². The van der Waals surface area contributed by atoms with Crippen molar-refractivity contribution in [3.63, 3.8) is 0 Å². The summed E-state index contributed by atoms with van der Waals surface area (Å²) >= 11 is 0. The van der Waals surface area contributed by atoms with E-state index in [0.29, 0.717) is 12.4 Å². The van der Waals surface area contributed by atoms with Gasteiger partial charge in [0.2, 0.25) is 0 Å². The third-order valence-electron chi connectivity index (χ3n) is 5.33. The molecule has 2 aromatic rings. The van der Waals surface area contributed by atoms with Gasteiger partial charge in [-0.15, -0.1) is 0 Å². The van der Waals surface area contributed by atoms with Gasteiger partial charge in [-0.2, -0.15) is 0 Å². The summed E-state index contributed by atoms with van der Waals surface area (Å²) in [6.45, 7) is 5.75. The fraction of sp³-hybridized carbons (Fsp3) is 0.480. The third kappa shape index (κ3) is 7.05. The van der Waals surface area contributed by atoms with Crippen LogP contribution in [0.1, 0.15) is 31.3 Å². The van der Waals surface area contributed by atoms with E-state index in [1.807, 2.05) is 13.8 Å². The van der Waals surface area contributed by atoms with Crippen LogP contribution in [0.5, 0.6) is 17.2 Å². The smallest absolute Gasteiger partial charge is 0.331 e. The van der Waals surface area contributed by atoms with E-state index < -0.39 is 47.8 Å². The molecule has 2 heterocycles. The standard InChI is InChI=1S/C25H31FN2O8/c1-14(2)11-34-23-15(3)35-25(31)18(28-24(30)21-22(29)19(32-4)9-10-27-21)12-33-13-20(23)36-17-7-5-16(26)6-8-17/h5-10,14-15,18,20,23,29H,11-13H2,1-4H3,(H,28,30)/t15-,18-,20-,23-/m0/s1. The molecule has 10 nitrogen and oxygen atoms in total. The Kier molecular flexibility index (Phi) is 9.43. The summed E-state index contributed by atoms with van der Waals surface area (Å²) in [5.74, 6) is -1.78. The van der Waals surface area contributed by atoms with E-state index in [1.165, 1.54) is 43.6 Å². The zero-order valence-electron chi connectivity index (χ0n) is 20.6. The predicted molar refractivity (Wildman–Crippen MR) is 125 cm³/mol. The number of aromatic hydroxyl groups is 1. The van der Waals surface area contributed by atoms with Crippen LogP contribution in [0.4, 0.5) is 4.39 Å². The summed E-state index contributed by atoms with van der Waals surface area (Å²) in [7, 11) is 1.34. The minimum atomic E-state index is -1.19. The van der Waals surface area contributed by atoms with Gasteiger partial charge in [-0.1, -0.05) is 13.8 Å². The number of methoxy groups -OCH3 is 1. The Hall–Kier alpha value is -3.44. The van der Waals surface area contributed by atoms with Crippen LogP contribution in [0.2, 0.25) is 0 Å². The molecule has 0 saturated carbocycles. The fourth-order valence-electron chi connectivity index (χ4n) is 3.53. The van der Waals surface area contributed by atoms with Crippen LogP contribution in [-0.4, -0.2) is 73.3 Å². The van der Waals surface area contributed by atoms with Crippen LogP contribution in [0.3, 0.4) is 0 Å². The first-order chi connectivity index (χ1) is 17.2. The number of rotatable bonds is 8. The van der Waals surface area contributed by atoms with E-state index in [1.54, 1.807) is 6.92 Å². The van der Waals surface area contributed by atoms with Crippen molar-refractivity contribution >= 4 is 11.9 Å². The lowest BCUT2D eigenvalue weighted by molar-refractivity contribution is -0.163. The van der Waals surface area contributed by atoms with Gasteiger partial charge in [0.1, 0.15) is 23.8 Å². The van der Waals surface area contributed by atoms with Crippen molar-refractivity contribution in [3.05, 3.63) is 48.0 Å². The number of pyridine rings is 1. The van der Waals surface area contributed by atoms with Gasteiger partial charge in [-0.25, -0.2) is 14.2 Å². The molecule has 1 aliphatic heterocycles. The van der Waals surface area contributed by atoms with Crippen LogP contribution in [0, 0.1) is 11.7 Å². The SMILES string of the molecule is COc1ccnc(C(=O)N[C@H]2COC[C@H](Oc3ccc(F)cc3)[C@@H](OCC(C)C)[C@H](C)OC2=O)c1O. The van der Waals surface area contributed by atoms with Gasteiger partial charge in [0.15, 0.2) is 29.3 Å². The summed E-state index contributed by atoms with van der Waals surface area (Å²) < 4.78 is 41.8. The number of carbonyl (C=O) groups excluding carboxylic acids is 2. The number of cyclic esters (lactones) is 1. The number of esters is 1. The Bertz CT molecular complexity index is 1030. The van der Waals surface area contributed by atoms with Crippen molar-refractivity contribution in [1.82, 2.24) is 10.3 Å². The van der Waals surface area contributed by atoms with Gasteiger partial charge in [-0.05, 0) is 37.1 Å². The Morgan fingerprint density at radius 2 is 1.97 bits per heavy atom. The molecule has 1 saturated heterocycles. The number of hydrogen-bond acceptors (Lipinski definition) is 9. The number of aromatic nitrogens is 1. The maximum Gasteiger partial charge on any atom is 0.331 e. The largest absolute Gasteiger partial charge is 0.503 e. The van der Waals surface area contributed by atoms with E-state index in [9.17, 15) is 19.1 Å². The fourth-order valence-corrected chi connectivity index (χ4v) is 3.53. The second kappa shape index (κ2) is 12.5. The zero-order valence-corrected chi connectivity index (χ0v) is 20.6. The molecule has 1 aromatic carbocycles. The molecule has 0 bridgehead atoms. The van der Waals surface area contributed by atoms with E-state index in [-0.39, 0.29) is 30.6 Å². The van der Waals surface area contributed by atoms with Gasteiger partial charge in [0.05, 0.1) is 20.3 Å². The maximum atomic E-state index is 13.3. The summed E-state index contributed by atoms with van der Waals surface area (Å²) in [4.78, 5) is 29.6. The van der Waals surface area contributed by atoms with Crippen molar-refractivity contribution in [3.8, 4) is 17.2 Å². The molecule has 3 rings (SSSR count). The first-order valence-corrected chi connectivity index (χ1v) is 11.5. The molecule has 0 radical (unpaired) electrons. The molecule has 0 spiro atoms. The molecule has 1 amide bonds. The van der Waals surface area contributed by atoms with E-state index in [2.05, 4.69) is 10.3 Å². The van der Waals surface area contributed by atoms with Gasteiger partial charge in [0.25, 0.3) is 5.91 Å². The topological polar surface area (TPSA) is 125 Å². The number of amides is 1. The van der Waals surface area contributed by atoms with Crippen LogP contribution in [-0.2, 0) is 19.0 Å². The third-order valence-corrected chi connectivity index (χ3v) is 5.33. The van der Waals surface area contributed by atoms with Crippen molar-refractivity contribution in [1.29, 1.82) is 0 Å². The molecule has 11 heteroatoms. The minimum Gasteiger partial charge on any atom is -0.503 e. The van der Waals surface area contributed by atoms with Crippen LogP contribution in [0.25, 0.3) is 0 Å². The Morgan fingerprint density at radius 3 is 2.64 bits per heavy atom. The second-order valence-electron chi connectivity index (χ2n) is 8.72. The Morgan fingerprint density at radius 1 is 1.25 bits per heavy atom. The highest BCUT2D eigenvalue weighted by atomic mass is 19.1. The highest BCUT2D eigenvalue weighted by Gasteiger charge is 2.37. The molecule has 0 aliphatic carbocycles. The van der Waals surface area contributed by atoms with Crippen LogP contribution >= 0.6 is 0 Å². The predicted octanol–water partition coefficient (Wildman–Crippen LogP) is 2.48. The lowest BCUT2D eigenvalue weighted by atomic mass is 10.1. The maximum absolute atomic E-state index is 13.3. The normalized spacial score (nSPS) is 22.7. The zero-order chi connectivity index (χ0) is 26.2. The number of halogens is 1. The summed E-state index contributed by atoms with van der Waals surface area (Å²) in [6, 6.07) is 5.70. The molecule has 1 aromatic heterocycles. The van der Waals surface area contributed by atoms with Crippen molar-refractivity contribution in [2.24, 2.45) is 5.92 Å². The quantitative estimate of drug-likeness (QED) is 0.520. The number of carbonyl (C=O) groups is 2. The number of ether oxygens (including phenoxy) is 5. The Labute approximate surface area is 208 Å². The van der Waals surface area contributed by atoms with Crippen molar-refractivity contribution in [2.75, 3.05) is 26.9 Å². The van der Waals surface area contributed by atoms with Gasteiger partial charge in [0, 0.05) is 18.9 Å².